The topological polar surface area (TPSA) is 67.6 Å². The van der Waals surface area contributed by atoms with Gasteiger partial charge < -0.3 is 15.8 Å². The standard InChI is InChI=1S/C14H29N3O2/c1-11(2)9-12(15)13(18)16-5-6-17-7-8-19-14(3,4)10-17/h11-12H,5-10,15H2,1-4H3,(H,16,18)/t12-/m0/s1. The highest BCUT2D eigenvalue weighted by molar-refractivity contribution is 5.81. The number of morpholine rings is 1. The van der Waals surface area contributed by atoms with E-state index in [1.165, 1.54) is 0 Å². The van der Waals surface area contributed by atoms with Crippen molar-refractivity contribution in [1.29, 1.82) is 0 Å². The van der Waals surface area contributed by atoms with E-state index in [9.17, 15) is 4.79 Å². The minimum absolute atomic E-state index is 0.0405. The van der Waals surface area contributed by atoms with Gasteiger partial charge in [-0.3, -0.25) is 9.69 Å². The van der Waals surface area contributed by atoms with Crippen LogP contribution in [0.15, 0.2) is 0 Å². The number of carbonyl (C=O) groups is 1. The predicted octanol–water partition coefficient (Wildman–Crippen LogP) is 0.587. The van der Waals surface area contributed by atoms with E-state index >= 15 is 0 Å². The van der Waals surface area contributed by atoms with Gasteiger partial charge in [0.15, 0.2) is 0 Å². The number of nitrogens with zero attached hydrogens (tertiary/aromatic N) is 1. The van der Waals surface area contributed by atoms with Crippen molar-refractivity contribution in [2.45, 2.75) is 45.8 Å². The molecule has 0 unspecified atom stereocenters. The largest absolute Gasteiger partial charge is 0.373 e. The molecule has 0 radical (unpaired) electrons. The summed E-state index contributed by atoms with van der Waals surface area (Å²) in [6.45, 7) is 12.4. The molecule has 0 aliphatic carbocycles. The lowest BCUT2D eigenvalue weighted by atomic mass is 10.0. The molecule has 0 spiro atoms. The summed E-state index contributed by atoms with van der Waals surface area (Å²) >= 11 is 0. The van der Waals surface area contributed by atoms with Crippen LogP contribution in [0.2, 0.25) is 0 Å². The Hall–Kier alpha value is -0.650. The summed E-state index contributed by atoms with van der Waals surface area (Å²) in [4.78, 5) is 14.1. The average Bonchev–Trinajstić information content (AvgIpc) is 2.26. The molecule has 1 saturated heterocycles. The molecule has 112 valence electrons. The van der Waals surface area contributed by atoms with Crippen LogP contribution in [0, 0.1) is 5.92 Å². The molecule has 1 rings (SSSR count). The summed E-state index contributed by atoms with van der Waals surface area (Å²) in [5, 5.41) is 2.92. The lowest BCUT2D eigenvalue weighted by molar-refractivity contribution is -0.123. The minimum atomic E-state index is -0.388. The zero-order valence-corrected chi connectivity index (χ0v) is 12.7. The zero-order chi connectivity index (χ0) is 14.5. The van der Waals surface area contributed by atoms with Gasteiger partial charge in [-0.1, -0.05) is 13.8 Å². The van der Waals surface area contributed by atoms with Crippen molar-refractivity contribution in [3.8, 4) is 0 Å². The second-order valence-electron chi connectivity index (χ2n) is 6.41. The average molecular weight is 271 g/mol. The number of rotatable bonds is 6. The van der Waals surface area contributed by atoms with Crippen LogP contribution in [-0.2, 0) is 9.53 Å². The quantitative estimate of drug-likeness (QED) is 0.742. The van der Waals surface area contributed by atoms with Gasteiger partial charge in [0.1, 0.15) is 0 Å². The van der Waals surface area contributed by atoms with E-state index in [1.54, 1.807) is 0 Å². The number of hydrogen-bond acceptors (Lipinski definition) is 4. The summed E-state index contributed by atoms with van der Waals surface area (Å²) in [7, 11) is 0. The van der Waals surface area contributed by atoms with Gasteiger partial charge in [-0.25, -0.2) is 0 Å². The molecule has 5 heteroatoms. The minimum Gasteiger partial charge on any atom is -0.373 e. The molecule has 1 atom stereocenters. The van der Waals surface area contributed by atoms with Crippen molar-refractivity contribution in [3.05, 3.63) is 0 Å². The molecular formula is C14H29N3O2. The second kappa shape index (κ2) is 7.22. The first-order valence-electron chi connectivity index (χ1n) is 7.20. The van der Waals surface area contributed by atoms with Gasteiger partial charge in [-0.05, 0) is 26.2 Å². The molecule has 1 aliphatic rings. The van der Waals surface area contributed by atoms with Crippen LogP contribution < -0.4 is 11.1 Å². The molecule has 0 aromatic heterocycles. The summed E-state index contributed by atoms with van der Waals surface area (Å²) in [6.07, 6.45) is 0.733. The second-order valence-corrected chi connectivity index (χ2v) is 6.41. The van der Waals surface area contributed by atoms with Crippen molar-refractivity contribution in [3.63, 3.8) is 0 Å². The molecule has 5 nitrogen and oxygen atoms in total. The Morgan fingerprint density at radius 1 is 1.47 bits per heavy atom. The van der Waals surface area contributed by atoms with Gasteiger partial charge in [-0.2, -0.15) is 0 Å². The summed E-state index contributed by atoms with van der Waals surface area (Å²) in [6, 6.07) is -0.388. The van der Waals surface area contributed by atoms with Gasteiger partial charge in [0.25, 0.3) is 0 Å². The lowest BCUT2D eigenvalue weighted by Gasteiger charge is -2.38. The summed E-state index contributed by atoms with van der Waals surface area (Å²) in [5.74, 6) is 0.405. The van der Waals surface area contributed by atoms with Crippen molar-refractivity contribution in [2.24, 2.45) is 11.7 Å². The number of amides is 1. The van der Waals surface area contributed by atoms with Gasteiger partial charge in [-0.15, -0.1) is 0 Å². The van der Waals surface area contributed by atoms with Crippen LogP contribution in [-0.4, -0.2) is 55.2 Å². The predicted molar refractivity (Wildman–Crippen MR) is 76.9 cm³/mol. The lowest BCUT2D eigenvalue weighted by Crippen LogP contribution is -2.51. The molecule has 0 aromatic rings. The smallest absolute Gasteiger partial charge is 0.236 e. The van der Waals surface area contributed by atoms with E-state index in [2.05, 4.69) is 37.9 Å². The Morgan fingerprint density at radius 3 is 2.74 bits per heavy atom. The third kappa shape index (κ3) is 6.36. The number of hydrogen-bond donors (Lipinski definition) is 2. The molecule has 0 bridgehead atoms. The number of ether oxygens (including phenoxy) is 1. The van der Waals surface area contributed by atoms with Crippen LogP contribution in [0.5, 0.6) is 0 Å². The molecule has 1 aliphatic heterocycles. The maximum atomic E-state index is 11.8. The highest BCUT2D eigenvalue weighted by Gasteiger charge is 2.26. The molecule has 0 aromatic carbocycles. The Morgan fingerprint density at radius 2 is 2.16 bits per heavy atom. The molecule has 1 heterocycles. The van der Waals surface area contributed by atoms with Gasteiger partial charge in [0, 0.05) is 26.2 Å². The van der Waals surface area contributed by atoms with E-state index in [1.807, 2.05) is 0 Å². The van der Waals surface area contributed by atoms with E-state index in [-0.39, 0.29) is 17.6 Å². The van der Waals surface area contributed by atoms with Gasteiger partial charge in [0.2, 0.25) is 5.91 Å². The summed E-state index contributed by atoms with van der Waals surface area (Å²) in [5.41, 5.74) is 5.75. The highest BCUT2D eigenvalue weighted by Crippen LogP contribution is 2.15. The number of nitrogens with one attached hydrogen (secondary N) is 1. The van der Waals surface area contributed by atoms with Crippen molar-refractivity contribution in [2.75, 3.05) is 32.8 Å². The van der Waals surface area contributed by atoms with Gasteiger partial charge in [0.05, 0.1) is 18.2 Å². The monoisotopic (exact) mass is 271 g/mol. The first-order valence-corrected chi connectivity index (χ1v) is 7.20. The molecule has 1 fully saturated rings. The van der Waals surface area contributed by atoms with Gasteiger partial charge >= 0.3 is 0 Å². The molecular weight excluding hydrogens is 242 g/mol. The fourth-order valence-corrected chi connectivity index (χ4v) is 2.39. The fraction of sp³-hybridized carbons (Fsp3) is 0.929. The van der Waals surface area contributed by atoms with E-state index in [0.29, 0.717) is 12.5 Å². The van der Waals surface area contributed by atoms with Crippen LogP contribution in [0.3, 0.4) is 0 Å². The Labute approximate surface area is 116 Å². The number of nitrogens with two attached hydrogens (primary N) is 1. The van der Waals surface area contributed by atoms with Crippen LogP contribution >= 0.6 is 0 Å². The molecule has 3 N–H and O–H groups in total. The van der Waals surface area contributed by atoms with E-state index < -0.39 is 0 Å². The molecule has 0 saturated carbocycles. The normalized spacial score (nSPS) is 21.4. The maximum absolute atomic E-state index is 11.8. The molecule has 19 heavy (non-hydrogen) atoms. The van der Waals surface area contributed by atoms with E-state index in [4.69, 9.17) is 10.5 Å². The third-order valence-corrected chi connectivity index (χ3v) is 3.29. The Kier molecular flexibility index (Phi) is 6.23. The fourth-order valence-electron chi connectivity index (χ4n) is 2.39. The van der Waals surface area contributed by atoms with Crippen molar-refractivity contribution >= 4 is 5.91 Å². The van der Waals surface area contributed by atoms with Crippen LogP contribution in [0.4, 0.5) is 0 Å². The maximum Gasteiger partial charge on any atom is 0.236 e. The third-order valence-electron chi connectivity index (χ3n) is 3.29. The zero-order valence-electron chi connectivity index (χ0n) is 12.7. The van der Waals surface area contributed by atoms with Crippen LogP contribution in [0.1, 0.15) is 34.1 Å². The van der Waals surface area contributed by atoms with E-state index in [0.717, 1.165) is 32.7 Å². The summed E-state index contributed by atoms with van der Waals surface area (Å²) < 4.78 is 5.66. The van der Waals surface area contributed by atoms with Crippen molar-refractivity contribution in [1.82, 2.24) is 10.2 Å². The Bertz CT molecular complexity index is 292. The van der Waals surface area contributed by atoms with Crippen molar-refractivity contribution < 1.29 is 9.53 Å². The van der Waals surface area contributed by atoms with Crippen LogP contribution in [0.25, 0.3) is 0 Å². The SMILES string of the molecule is CC(C)C[C@H](N)C(=O)NCCN1CCOC(C)(C)C1. The first kappa shape index (κ1) is 16.4. The Balaban J connectivity index is 2.21. The highest BCUT2D eigenvalue weighted by atomic mass is 16.5. The first-order chi connectivity index (χ1) is 8.80. The molecule has 1 amide bonds. The number of carbonyl (C=O) groups excluding carboxylic acids is 1.